The van der Waals surface area contributed by atoms with Gasteiger partial charge >= 0.3 is 5.97 Å². The molecule has 108 valence electrons. The molecule has 5 nitrogen and oxygen atoms in total. The number of esters is 1. The van der Waals surface area contributed by atoms with Crippen molar-refractivity contribution in [2.24, 2.45) is 0 Å². The predicted octanol–water partition coefficient (Wildman–Crippen LogP) is 2.54. The minimum atomic E-state index is -0.642. The summed E-state index contributed by atoms with van der Waals surface area (Å²) in [6.45, 7) is -0.251. The molecule has 0 atom stereocenters. The van der Waals surface area contributed by atoms with Crippen LogP contribution in [0.25, 0.3) is 0 Å². The van der Waals surface area contributed by atoms with E-state index in [-0.39, 0.29) is 12.5 Å². The van der Waals surface area contributed by atoms with E-state index in [1.54, 1.807) is 24.3 Å². The number of fused-ring (bicyclic) bond motifs is 1. The molecule has 0 radical (unpaired) electrons. The van der Waals surface area contributed by atoms with Crippen molar-refractivity contribution >= 4 is 5.97 Å². The summed E-state index contributed by atoms with van der Waals surface area (Å²) < 4.78 is 33.8. The second-order valence-corrected chi connectivity index (χ2v) is 4.21. The van der Waals surface area contributed by atoms with Crippen LogP contribution < -0.4 is 18.9 Å². The Kier molecular flexibility index (Phi) is 3.59. The molecule has 2 aromatic carbocycles. The number of hydrogen-bond donors (Lipinski definition) is 0. The van der Waals surface area contributed by atoms with Crippen molar-refractivity contribution in [3.8, 4) is 23.0 Å². The summed E-state index contributed by atoms with van der Waals surface area (Å²) in [6, 6.07) is 10.6. The van der Waals surface area contributed by atoms with Gasteiger partial charge in [-0.05, 0) is 24.3 Å². The summed E-state index contributed by atoms with van der Waals surface area (Å²) in [5.74, 6) is 0.236. The highest BCUT2D eigenvalue weighted by Crippen LogP contribution is 2.35. The first kappa shape index (κ1) is 13.2. The van der Waals surface area contributed by atoms with Gasteiger partial charge in [-0.25, -0.2) is 9.18 Å². The van der Waals surface area contributed by atoms with Gasteiger partial charge in [-0.15, -0.1) is 0 Å². The van der Waals surface area contributed by atoms with E-state index in [1.807, 2.05) is 0 Å². The first-order chi connectivity index (χ1) is 10.2. The lowest BCUT2D eigenvalue weighted by Crippen LogP contribution is -2.18. The van der Waals surface area contributed by atoms with Crippen LogP contribution in [0.5, 0.6) is 23.0 Å². The number of hydrogen-bond acceptors (Lipinski definition) is 5. The molecule has 0 fully saturated rings. The number of halogens is 1. The van der Waals surface area contributed by atoms with Crippen molar-refractivity contribution in [1.29, 1.82) is 0 Å². The van der Waals surface area contributed by atoms with E-state index >= 15 is 0 Å². The highest BCUT2D eigenvalue weighted by molar-refractivity contribution is 5.74. The summed E-state index contributed by atoms with van der Waals surface area (Å²) in [7, 11) is 0. The first-order valence-corrected chi connectivity index (χ1v) is 6.20. The minimum Gasteiger partial charge on any atom is -0.479 e. The van der Waals surface area contributed by atoms with Crippen LogP contribution in [0.2, 0.25) is 0 Å². The Balaban J connectivity index is 1.58. The van der Waals surface area contributed by atoms with Gasteiger partial charge in [0.2, 0.25) is 6.79 Å². The van der Waals surface area contributed by atoms with E-state index < -0.39 is 18.4 Å². The van der Waals surface area contributed by atoms with Crippen molar-refractivity contribution < 1.29 is 28.1 Å². The standard InChI is InChI=1S/C15H11FO5/c16-11-3-1-2-4-12(11)18-8-15(17)21-10-5-6-13-14(7-10)20-9-19-13/h1-7H,8-9H2. The van der Waals surface area contributed by atoms with Crippen molar-refractivity contribution in [2.75, 3.05) is 13.4 Å². The summed E-state index contributed by atoms with van der Waals surface area (Å²) in [4.78, 5) is 11.7. The molecule has 0 aromatic heterocycles. The summed E-state index contributed by atoms with van der Waals surface area (Å²) >= 11 is 0. The van der Waals surface area contributed by atoms with Gasteiger partial charge in [-0.2, -0.15) is 0 Å². The molecular formula is C15H11FO5. The molecule has 1 aliphatic heterocycles. The molecule has 2 aromatic rings. The molecule has 0 aliphatic carbocycles. The van der Waals surface area contributed by atoms with Gasteiger partial charge in [0.15, 0.2) is 29.7 Å². The molecule has 0 spiro atoms. The molecule has 1 heterocycles. The number of benzene rings is 2. The second-order valence-electron chi connectivity index (χ2n) is 4.21. The fourth-order valence-electron chi connectivity index (χ4n) is 1.80. The average Bonchev–Trinajstić information content (AvgIpc) is 2.94. The third kappa shape index (κ3) is 3.05. The highest BCUT2D eigenvalue weighted by atomic mass is 19.1. The Hall–Kier alpha value is -2.76. The lowest BCUT2D eigenvalue weighted by atomic mass is 10.3. The topological polar surface area (TPSA) is 54.0 Å². The quantitative estimate of drug-likeness (QED) is 0.640. The van der Waals surface area contributed by atoms with E-state index in [2.05, 4.69) is 0 Å². The minimum absolute atomic E-state index is 0.000127. The Morgan fingerprint density at radius 1 is 1.14 bits per heavy atom. The second kappa shape index (κ2) is 5.70. The Bertz CT molecular complexity index is 671. The van der Waals surface area contributed by atoms with Crippen molar-refractivity contribution in [3.05, 3.63) is 48.3 Å². The fraction of sp³-hybridized carbons (Fsp3) is 0.133. The maximum Gasteiger partial charge on any atom is 0.349 e. The third-order valence-corrected chi connectivity index (χ3v) is 2.76. The monoisotopic (exact) mass is 290 g/mol. The number of ether oxygens (including phenoxy) is 4. The lowest BCUT2D eigenvalue weighted by molar-refractivity contribution is -0.136. The predicted molar refractivity (Wildman–Crippen MR) is 70.1 cm³/mol. The molecule has 0 saturated carbocycles. The molecule has 1 aliphatic rings. The van der Waals surface area contributed by atoms with Crippen molar-refractivity contribution in [1.82, 2.24) is 0 Å². The van der Waals surface area contributed by atoms with Crippen LogP contribution >= 0.6 is 0 Å². The first-order valence-electron chi connectivity index (χ1n) is 6.20. The molecule has 0 saturated heterocycles. The van der Waals surface area contributed by atoms with Gasteiger partial charge in [0, 0.05) is 6.07 Å². The number of rotatable bonds is 4. The number of carbonyl (C=O) groups excluding carboxylic acids is 1. The van der Waals surface area contributed by atoms with Crippen LogP contribution in [0.4, 0.5) is 4.39 Å². The third-order valence-electron chi connectivity index (χ3n) is 2.76. The van der Waals surface area contributed by atoms with Gasteiger partial charge in [0.05, 0.1) is 0 Å². The fourth-order valence-corrected chi connectivity index (χ4v) is 1.80. The van der Waals surface area contributed by atoms with Crippen LogP contribution in [0.15, 0.2) is 42.5 Å². The Morgan fingerprint density at radius 3 is 2.81 bits per heavy atom. The van der Waals surface area contributed by atoms with Crippen LogP contribution in [-0.2, 0) is 4.79 Å². The molecule has 0 amide bonds. The summed E-state index contributed by atoms with van der Waals surface area (Å²) in [5, 5.41) is 0. The van der Waals surface area contributed by atoms with Crippen LogP contribution in [0.3, 0.4) is 0 Å². The van der Waals surface area contributed by atoms with Gasteiger partial charge in [-0.3, -0.25) is 0 Å². The smallest absolute Gasteiger partial charge is 0.349 e. The molecule has 21 heavy (non-hydrogen) atoms. The van der Waals surface area contributed by atoms with Crippen LogP contribution in [-0.4, -0.2) is 19.4 Å². The highest BCUT2D eigenvalue weighted by Gasteiger charge is 2.15. The normalized spacial score (nSPS) is 12.0. The number of carbonyl (C=O) groups is 1. The van der Waals surface area contributed by atoms with Crippen molar-refractivity contribution in [3.63, 3.8) is 0 Å². The van der Waals surface area contributed by atoms with E-state index in [9.17, 15) is 9.18 Å². The molecule has 0 unspecified atom stereocenters. The van der Waals surface area contributed by atoms with E-state index in [0.29, 0.717) is 17.2 Å². The summed E-state index contributed by atoms with van der Waals surface area (Å²) in [6.07, 6.45) is 0. The average molecular weight is 290 g/mol. The maximum absolute atomic E-state index is 13.3. The van der Waals surface area contributed by atoms with Gasteiger partial charge in [0.1, 0.15) is 5.75 Å². The largest absolute Gasteiger partial charge is 0.479 e. The summed E-state index contributed by atoms with van der Waals surface area (Å²) in [5.41, 5.74) is 0. The molecular weight excluding hydrogens is 279 g/mol. The molecule has 6 heteroatoms. The van der Waals surface area contributed by atoms with Gasteiger partial charge in [0.25, 0.3) is 0 Å². The van der Waals surface area contributed by atoms with E-state index in [0.717, 1.165) is 0 Å². The number of para-hydroxylation sites is 1. The lowest BCUT2D eigenvalue weighted by Gasteiger charge is -2.07. The SMILES string of the molecule is O=C(COc1ccccc1F)Oc1ccc2c(c1)OCO2. The van der Waals surface area contributed by atoms with Gasteiger partial charge < -0.3 is 18.9 Å². The Morgan fingerprint density at radius 2 is 1.95 bits per heavy atom. The van der Waals surface area contributed by atoms with Crippen LogP contribution in [0, 0.1) is 5.82 Å². The van der Waals surface area contributed by atoms with Gasteiger partial charge in [-0.1, -0.05) is 12.1 Å². The zero-order valence-electron chi connectivity index (χ0n) is 10.9. The molecule has 3 rings (SSSR count). The zero-order valence-corrected chi connectivity index (χ0v) is 10.9. The van der Waals surface area contributed by atoms with Crippen LogP contribution in [0.1, 0.15) is 0 Å². The zero-order chi connectivity index (χ0) is 14.7. The van der Waals surface area contributed by atoms with Crippen molar-refractivity contribution in [2.45, 2.75) is 0 Å². The molecule has 0 bridgehead atoms. The van der Waals surface area contributed by atoms with E-state index in [4.69, 9.17) is 18.9 Å². The van der Waals surface area contributed by atoms with E-state index in [1.165, 1.54) is 18.2 Å². The maximum atomic E-state index is 13.3. The Labute approximate surface area is 119 Å². The molecule has 0 N–H and O–H groups in total.